The number of carbonyl (C=O) groups is 3. The van der Waals surface area contributed by atoms with E-state index < -0.39 is 17.9 Å². The van der Waals surface area contributed by atoms with Crippen molar-refractivity contribution in [2.45, 2.75) is 57.8 Å². The van der Waals surface area contributed by atoms with Gasteiger partial charge in [0.05, 0.1) is 56.3 Å². The molecule has 1 aromatic carbocycles. The number of ether oxygens (including phenoxy) is 6. The monoisotopic (exact) mass is 666 g/mol. The van der Waals surface area contributed by atoms with Crippen molar-refractivity contribution in [2.24, 2.45) is 0 Å². The fourth-order valence-corrected chi connectivity index (χ4v) is 3.99. The van der Waals surface area contributed by atoms with Crippen LogP contribution in [0.15, 0.2) is 92.6 Å². The first kappa shape index (κ1) is 42.0. The summed E-state index contributed by atoms with van der Waals surface area (Å²) in [6, 6.07) is 4.03. The molecule has 264 valence electrons. The van der Waals surface area contributed by atoms with Crippen molar-refractivity contribution in [2.75, 3.05) is 59.5 Å². The Morgan fingerprint density at radius 3 is 1.29 bits per heavy atom. The number of rotatable bonds is 30. The molecule has 0 heterocycles. The number of hydrogen-bond acceptors (Lipinski definition) is 9. The lowest BCUT2D eigenvalue weighted by Crippen LogP contribution is -2.19. The van der Waals surface area contributed by atoms with E-state index in [1.165, 1.54) is 18.2 Å². The number of carbonyl (C=O) groups excluding carboxylic acids is 3. The van der Waals surface area contributed by atoms with Gasteiger partial charge in [-0.25, -0.2) is 14.4 Å². The van der Waals surface area contributed by atoms with E-state index in [4.69, 9.17) is 28.4 Å². The number of benzene rings is 1. The highest BCUT2D eigenvalue weighted by atomic mass is 16.6. The van der Waals surface area contributed by atoms with Gasteiger partial charge >= 0.3 is 17.9 Å². The quantitative estimate of drug-likeness (QED) is 0.0350. The molecule has 0 saturated carbocycles. The normalized spacial score (nSPS) is 11.2. The van der Waals surface area contributed by atoms with Gasteiger partial charge in [0.15, 0.2) is 0 Å². The molecule has 0 N–H and O–H groups in total. The summed E-state index contributed by atoms with van der Waals surface area (Å²) in [6.45, 7) is 12.8. The molecule has 0 atom stereocenters. The summed E-state index contributed by atoms with van der Waals surface area (Å²) >= 11 is 0. The van der Waals surface area contributed by atoms with Gasteiger partial charge in [-0.3, -0.25) is 0 Å². The molecule has 0 fully saturated rings. The minimum Gasteiger partial charge on any atom is -0.460 e. The molecule has 0 radical (unpaired) electrons. The van der Waals surface area contributed by atoms with E-state index >= 15 is 0 Å². The van der Waals surface area contributed by atoms with Crippen molar-refractivity contribution >= 4 is 17.9 Å². The van der Waals surface area contributed by atoms with Crippen molar-refractivity contribution in [3.05, 3.63) is 109 Å². The van der Waals surface area contributed by atoms with Crippen LogP contribution < -0.4 is 0 Å². The van der Waals surface area contributed by atoms with E-state index in [2.05, 4.69) is 19.7 Å². The first-order chi connectivity index (χ1) is 23.5. The van der Waals surface area contributed by atoms with Gasteiger partial charge < -0.3 is 28.4 Å². The number of hydrogen-bond donors (Lipinski definition) is 0. The van der Waals surface area contributed by atoms with Crippen molar-refractivity contribution in [1.29, 1.82) is 0 Å². The van der Waals surface area contributed by atoms with Crippen LogP contribution in [0.1, 0.15) is 88.9 Å². The highest BCUT2D eigenvalue weighted by Crippen LogP contribution is 2.16. The molecule has 0 aromatic heterocycles. The van der Waals surface area contributed by atoms with Gasteiger partial charge in [-0.05, 0) is 76.0 Å². The number of allylic oxidation sites excluding steroid dienone is 6. The topological polar surface area (TPSA) is 107 Å². The summed E-state index contributed by atoms with van der Waals surface area (Å²) in [5, 5.41) is 0. The van der Waals surface area contributed by atoms with Gasteiger partial charge in [0.25, 0.3) is 0 Å². The van der Waals surface area contributed by atoms with Crippen LogP contribution in [-0.4, -0.2) is 77.4 Å². The van der Waals surface area contributed by atoms with Crippen LogP contribution in [0.3, 0.4) is 0 Å². The molecule has 0 unspecified atom stereocenters. The lowest BCUT2D eigenvalue weighted by atomic mass is 10.0. The number of unbranched alkanes of at least 4 members (excludes halogenated alkanes) is 6. The van der Waals surface area contributed by atoms with E-state index in [9.17, 15) is 14.4 Å². The summed E-state index contributed by atoms with van der Waals surface area (Å²) in [5.74, 6) is -2.20. The van der Waals surface area contributed by atoms with Gasteiger partial charge in [-0.2, -0.15) is 0 Å². The van der Waals surface area contributed by atoms with Gasteiger partial charge in [0.2, 0.25) is 0 Å². The average molecular weight is 667 g/mol. The second-order valence-electron chi connectivity index (χ2n) is 10.5. The second kappa shape index (κ2) is 30.3. The minimum absolute atomic E-state index is 0.0135. The maximum absolute atomic E-state index is 13.0. The second-order valence-corrected chi connectivity index (χ2v) is 10.5. The Hall–Kier alpha value is -4.05. The van der Waals surface area contributed by atoms with Crippen LogP contribution in [0, 0.1) is 0 Å². The summed E-state index contributed by atoms with van der Waals surface area (Å²) in [6.07, 6.45) is 26.3. The first-order valence-electron chi connectivity index (χ1n) is 16.7. The zero-order valence-electron chi connectivity index (χ0n) is 28.5. The van der Waals surface area contributed by atoms with Crippen molar-refractivity contribution in [1.82, 2.24) is 0 Å². The lowest BCUT2D eigenvalue weighted by molar-refractivity contribution is 0.0310. The Balaban J connectivity index is 2.68. The summed E-state index contributed by atoms with van der Waals surface area (Å²) in [5.41, 5.74) is -0.0651. The van der Waals surface area contributed by atoms with E-state index in [1.54, 1.807) is 0 Å². The molecule has 0 amide bonds. The summed E-state index contributed by atoms with van der Waals surface area (Å²) in [7, 11) is 0. The Morgan fingerprint density at radius 1 is 0.479 bits per heavy atom. The predicted molar refractivity (Wildman–Crippen MR) is 189 cm³/mol. The smallest absolute Gasteiger partial charge is 0.339 e. The van der Waals surface area contributed by atoms with Crippen molar-refractivity contribution < 1.29 is 42.8 Å². The highest BCUT2D eigenvalue weighted by Gasteiger charge is 2.22. The molecule has 0 aliphatic rings. The molecule has 1 rings (SSSR count). The van der Waals surface area contributed by atoms with E-state index in [0.29, 0.717) is 19.8 Å². The summed E-state index contributed by atoms with van der Waals surface area (Å²) in [4.78, 5) is 38.7. The minimum atomic E-state index is -0.791. The van der Waals surface area contributed by atoms with Gasteiger partial charge in [0, 0.05) is 0 Å². The fourth-order valence-electron chi connectivity index (χ4n) is 3.99. The Labute approximate surface area is 287 Å². The molecule has 9 nitrogen and oxygen atoms in total. The molecule has 0 aliphatic heterocycles. The molecular weight excluding hydrogens is 612 g/mol. The maximum Gasteiger partial charge on any atom is 0.339 e. The first-order valence-corrected chi connectivity index (χ1v) is 16.7. The molecule has 0 saturated heterocycles. The largest absolute Gasteiger partial charge is 0.460 e. The maximum atomic E-state index is 13.0. The van der Waals surface area contributed by atoms with E-state index in [-0.39, 0.29) is 56.3 Å². The third-order valence-corrected chi connectivity index (χ3v) is 6.56. The van der Waals surface area contributed by atoms with Crippen LogP contribution in [0.5, 0.6) is 0 Å². The van der Waals surface area contributed by atoms with Gasteiger partial charge in [-0.15, -0.1) is 19.7 Å². The lowest BCUT2D eigenvalue weighted by Gasteiger charge is -2.12. The third-order valence-electron chi connectivity index (χ3n) is 6.56. The van der Waals surface area contributed by atoms with Crippen LogP contribution in [0.4, 0.5) is 0 Å². The fraction of sp³-hybridized carbons (Fsp3) is 0.462. The summed E-state index contributed by atoms with van der Waals surface area (Å²) < 4.78 is 32.4. The SMILES string of the molecule is C=CCCCC=CCOCCOC(=O)c1ccc(C(=O)OCCOCC=CCCCC=C)c(C(=O)OCCOCC=CCCCC=C)c1. The molecule has 9 heteroatoms. The van der Waals surface area contributed by atoms with E-state index in [0.717, 1.165) is 57.8 Å². The van der Waals surface area contributed by atoms with Crippen LogP contribution >= 0.6 is 0 Å². The average Bonchev–Trinajstić information content (AvgIpc) is 3.10. The molecule has 1 aromatic rings. The molecule has 48 heavy (non-hydrogen) atoms. The van der Waals surface area contributed by atoms with Gasteiger partial charge in [-0.1, -0.05) is 54.7 Å². The van der Waals surface area contributed by atoms with Crippen LogP contribution in [-0.2, 0) is 28.4 Å². The molecule has 0 bridgehead atoms. The molecule has 0 aliphatic carbocycles. The molecular formula is C39H54O9. The predicted octanol–water partition coefficient (Wildman–Crippen LogP) is 7.94. The van der Waals surface area contributed by atoms with Gasteiger partial charge in [0.1, 0.15) is 19.8 Å². The van der Waals surface area contributed by atoms with Crippen LogP contribution in [0.25, 0.3) is 0 Å². The van der Waals surface area contributed by atoms with Crippen molar-refractivity contribution in [3.63, 3.8) is 0 Å². The van der Waals surface area contributed by atoms with E-state index in [1.807, 2.05) is 54.7 Å². The standard InChI is InChI=1S/C39H54O9/c1-4-7-10-13-16-19-24-43-27-30-46-37(40)34-22-23-35(38(41)47-31-28-44-25-20-17-14-11-8-5-2)36(33-34)39(42)48-32-29-45-26-21-18-15-12-9-6-3/h4-6,16-23,33H,1-3,7-15,24-32H2. The zero-order valence-corrected chi connectivity index (χ0v) is 28.5. The Morgan fingerprint density at radius 2 is 0.875 bits per heavy atom. The van der Waals surface area contributed by atoms with Crippen LogP contribution in [0.2, 0.25) is 0 Å². The number of esters is 3. The molecule has 0 spiro atoms. The van der Waals surface area contributed by atoms with Crippen molar-refractivity contribution in [3.8, 4) is 0 Å². The third kappa shape index (κ3) is 21.7. The Kier molecular flexibility index (Phi) is 26.5. The zero-order chi connectivity index (χ0) is 34.9. The Bertz CT molecular complexity index is 1170. The highest BCUT2D eigenvalue weighted by molar-refractivity contribution is 6.05.